The lowest BCUT2D eigenvalue weighted by atomic mass is 10.0. The summed E-state index contributed by atoms with van der Waals surface area (Å²) in [7, 11) is 0. The van der Waals surface area contributed by atoms with E-state index in [1.165, 1.54) is 6.42 Å². The molecule has 0 amide bonds. The number of aryl methyl sites for hydroxylation is 1. The number of fused-ring (bicyclic) bond motifs is 6. The van der Waals surface area contributed by atoms with Gasteiger partial charge in [0.25, 0.3) is 0 Å². The van der Waals surface area contributed by atoms with Gasteiger partial charge >= 0.3 is 0 Å². The van der Waals surface area contributed by atoms with Crippen molar-refractivity contribution in [2.24, 2.45) is 0 Å². The Bertz CT molecular complexity index is 1810. The summed E-state index contributed by atoms with van der Waals surface area (Å²) in [4.78, 5) is 9.42. The van der Waals surface area contributed by atoms with Gasteiger partial charge in [-0.15, -0.1) is 0 Å². The molecule has 0 fully saturated rings. The van der Waals surface area contributed by atoms with E-state index in [9.17, 15) is 0 Å². The topological polar surface area (TPSA) is 52.1 Å². The molecule has 0 spiro atoms. The van der Waals surface area contributed by atoms with Crippen LogP contribution in [0.15, 0.2) is 112 Å². The van der Waals surface area contributed by atoms with Crippen molar-refractivity contribution in [3.63, 3.8) is 0 Å². The molecule has 4 nitrogen and oxygen atoms in total. The molecule has 0 aliphatic rings. The van der Waals surface area contributed by atoms with Crippen molar-refractivity contribution in [3.05, 3.63) is 109 Å². The third-order valence-corrected chi connectivity index (χ3v) is 6.52. The van der Waals surface area contributed by atoms with E-state index in [-0.39, 0.29) is 13.5 Å². The highest BCUT2D eigenvalue weighted by atomic mass is 32.1. The lowest BCUT2D eigenvalue weighted by Gasteiger charge is -2.07. The van der Waals surface area contributed by atoms with E-state index in [0.29, 0.717) is 0 Å². The quantitative estimate of drug-likeness (QED) is 0.188. The number of aromatic nitrogens is 2. The molecule has 7 rings (SSSR count). The van der Waals surface area contributed by atoms with E-state index in [4.69, 9.17) is 18.8 Å². The van der Waals surface area contributed by atoms with E-state index >= 15 is 0 Å². The summed E-state index contributed by atoms with van der Waals surface area (Å²) in [6.45, 7) is 14.2. The SMILES string of the molecule is C/C=C\C.CC.CCC.Cc1nc(-c2ccc3c(c2)oc2ccccc23)cc(-c2ccc3c(c2)oc2ccccc23)n1.S. The van der Waals surface area contributed by atoms with Gasteiger partial charge in [-0.25, -0.2) is 9.97 Å². The summed E-state index contributed by atoms with van der Waals surface area (Å²) < 4.78 is 12.2. The molecule has 222 valence electrons. The van der Waals surface area contributed by atoms with Gasteiger partial charge in [-0.3, -0.25) is 0 Å². The molecule has 0 saturated heterocycles. The number of furan rings is 2. The zero-order valence-electron chi connectivity index (χ0n) is 26.2. The third-order valence-electron chi connectivity index (χ3n) is 6.52. The first kappa shape index (κ1) is 33.2. The molecule has 0 aliphatic heterocycles. The van der Waals surface area contributed by atoms with Gasteiger partial charge in [0, 0.05) is 32.7 Å². The van der Waals surface area contributed by atoms with Crippen molar-refractivity contribution in [3.8, 4) is 22.5 Å². The molecule has 0 N–H and O–H groups in total. The molecule has 4 aromatic carbocycles. The smallest absolute Gasteiger partial charge is 0.136 e. The van der Waals surface area contributed by atoms with Crippen molar-refractivity contribution in [1.82, 2.24) is 9.97 Å². The average molecular weight is 591 g/mol. The number of para-hydroxylation sites is 2. The Morgan fingerprint density at radius 2 is 0.930 bits per heavy atom. The first-order valence-corrected chi connectivity index (χ1v) is 14.8. The van der Waals surface area contributed by atoms with Crippen LogP contribution >= 0.6 is 13.5 Å². The number of hydrogen-bond donors (Lipinski definition) is 0. The van der Waals surface area contributed by atoms with E-state index in [0.717, 1.165) is 72.2 Å². The van der Waals surface area contributed by atoms with Crippen LogP contribution in [-0.4, -0.2) is 9.97 Å². The van der Waals surface area contributed by atoms with E-state index in [1.807, 2.05) is 89.2 Å². The van der Waals surface area contributed by atoms with Crippen LogP contribution in [0.5, 0.6) is 0 Å². The molecular weight excluding hydrogens is 548 g/mol. The standard InChI is InChI=1S/C29H18N2O2.C4H8.C3H8.C2H6.H2S/c1-17-30-24(18-10-12-22-20-6-2-4-8-26(20)32-28(22)14-18)16-25(31-17)19-11-13-23-21-7-3-5-9-27(21)33-29(23)15-19;1-3-4-2;1-3-2;1-2;/h2-16H,1H3;3-4H,1-2H3;3H2,1-2H3;1-2H3;1H2/b;4-3-;;;. The van der Waals surface area contributed by atoms with E-state index in [2.05, 4.69) is 62.4 Å². The lowest BCUT2D eigenvalue weighted by molar-refractivity contribution is 0.668. The molecule has 0 atom stereocenters. The number of rotatable bonds is 2. The fourth-order valence-corrected chi connectivity index (χ4v) is 4.63. The monoisotopic (exact) mass is 590 g/mol. The maximum Gasteiger partial charge on any atom is 0.136 e. The van der Waals surface area contributed by atoms with Gasteiger partial charge in [-0.05, 0) is 63.2 Å². The molecule has 0 aliphatic carbocycles. The Morgan fingerprint density at radius 3 is 1.33 bits per heavy atom. The summed E-state index contributed by atoms with van der Waals surface area (Å²) in [6.07, 6.45) is 5.25. The van der Waals surface area contributed by atoms with Crippen molar-refractivity contribution in [1.29, 1.82) is 0 Å². The maximum atomic E-state index is 6.08. The number of allylic oxidation sites excluding steroid dienone is 2. The van der Waals surface area contributed by atoms with Crippen molar-refractivity contribution in [2.45, 2.75) is 54.9 Å². The molecule has 0 radical (unpaired) electrons. The summed E-state index contributed by atoms with van der Waals surface area (Å²) in [6, 6.07) is 30.8. The van der Waals surface area contributed by atoms with Gasteiger partial charge in [-0.1, -0.05) is 94.8 Å². The molecule has 3 aromatic heterocycles. The third kappa shape index (κ3) is 7.36. The minimum Gasteiger partial charge on any atom is -0.456 e. The molecule has 3 heterocycles. The number of nitrogens with zero attached hydrogens (tertiary/aromatic N) is 2. The summed E-state index contributed by atoms with van der Waals surface area (Å²) in [5, 5.41) is 4.46. The molecule has 0 unspecified atom stereocenters. The van der Waals surface area contributed by atoms with Crippen LogP contribution in [0.2, 0.25) is 0 Å². The van der Waals surface area contributed by atoms with Crippen LogP contribution in [0.4, 0.5) is 0 Å². The second-order valence-corrected chi connectivity index (χ2v) is 9.68. The number of hydrogen-bond acceptors (Lipinski definition) is 4. The van der Waals surface area contributed by atoms with E-state index < -0.39 is 0 Å². The zero-order chi connectivity index (χ0) is 30.1. The largest absolute Gasteiger partial charge is 0.456 e. The van der Waals surface area contributed by atoms with Crippen LogP contribution in [-0.2, 0) is 0 Å². The Hall–Kier alpha value is -4.35. The first-order chi connectivity index (χ1) is 20.6. The van der Waals surface area contributed by atoms with Crippen LogP contribution in [0.1, 0.15) is 53.8 Å². The molecule has 0 saturated carbocycles. The first-order valence-electron chi connectivity index (χ1n) is 14.8. The highest BCUT2D eigenvalue weighted by Gasteiger charge is 2.13. The van der Waals surface area contributed by atoms with E-state index in [1.54, 1.807) is 0 Å². The Morgan fingerprint density at radius 1 is 0.558 bits per heavy atom. The van der Waals surface area contributed by atoms with Crippen LogP contribution in [0.25, 0.3) is 66.4 Å². The summed E-state index contributed by atoms with van der Waals surface area (Å²) >= 11 is 0. The van der Waals surface area contributed by atoms with Crippen molar-refractivity contribution < 1.29 is 8.83 Å². The summed E-state index contributed by atoms with van der Waals surface area (Å²) in [5.74, 6) is 0.719. The second kappa shape index (κ2) is 15.8. The predicted molar refractivity (Wildman–Crippen MR) is 190 cm³/mol. The minimum atomic E-state index is 0. The van der Waals surface area contributed by atoms with Gasteiger partial charge in [0.05, 0.1) is 11.4 Å². The van der Waals surface area contributed by atoms with Crippen molar-refractivity contribution in [2.75, 3.05) is 0 Å². The Balaban J connectivity index is 0.000000456. The van der Waals surface area contributed by atoms with Gasteiger partial charge in [0.15, 0.2) is 0 Å². The fraction of sp³-hybridized carbons (Fsp3) is 0.211. The molecule has 7 aromatic rings. The van der Waals surface area contributed by atoms with Gasteiger partial charge in [0.1, 0.15) is 28.2 Å². The molecular formula is C38H42N2O2S. The maximum absolute atomic E-state index is 6.08. The van der Waals surface area contributed by atoms with Gasteiger partial charge in [-0.2, -0.15) is 13.5 Å². The predicted octanol–water partition coefficient (Wildman–Crippen LogP) is 12.1. The molecule has 0 bridgehead atoms. The highest BCUT2D eigenvalue weighted by Crippen LogP contribution is 2.34. The zero-order valence-corrected chi connectivity index (χ0v) is 27.2. The summed E-state index contributed by atoms with van der Waals surface area (Å²) in [5.41, 5.74) is 7.22. The Kier molecular flexibility index (Phi) is 12.2. The molecule has 5 heteroatoms. The number of benzene rings is 4. The second-order valence-electron chi connectivity index (χ2n) is 9.68. The van der Waals surface area contributed by atoms with Gasteiger partial charge in [0.2, 0.25) is 0 Å². The highest BCUT2D eigenvalue weighted by molar-refractivity contribution is 7.59. The fourth-order valence-electron chi connectivity index (χ4n) is 4.63. The Labute approximate surface area is 261 Å². The van der Waals surface area contributed by atoms with Crippen molar-refractivity contribution >= 4 is 57.4 Å². The molecule has 43 heavy (non-hydrogen) atoms. The lowest BCUT2D eigenvalue weighted by Crippen LogP contribution is -1.94. The normalized spacial score (nSPS) is 10.5. The van der Waals surface area contributed by atoms with Crippen LogP contribution < -0.4 is 0 Å². The minimum absolute atomic E-state index is 0. The van der Waals surface area contributed by atoms with Gasteiger partial charge < -0.3 is 8.83 Å². The van der Waals surface area contributed by atoms with Crippen LogP contribution in [0.3, 0.4) is 0 Å². The average Bonchev–Trinajstić information content (AvgIpc) is 3.59. The van der Waals surface area contributed by atoms with Crippen LogP contribution in [0, 0.1) is 6.92 Å².